The van der Waals surface area contributed by atoms with Crippen LogP contribution in [0.3, 0.4) is 0 Å². The van der Waals surface area contributed by atoms with Crippen molar-refractivity contribution >= 4 is 17.9 Å². The Balaban J connectivity index is 0.000000569. The first-order valence-corrected chi connectivity index (χ1v) is 9.82. The Morgan fingerprint density at radius 1 is 1.06 bits per heavy atom. The zero-order chi connectivity index (χ0) is 24.4. The van der Waals surface area contributed by atoms with Gasteiger partial charge in [-0.3, -0.25) is 0 Å². The Hall–Kier alpha value is -4.18. The van der Waals surface area contributed by atoms with Crippen molar-refractivity contribution in [1.82, 2.24) is 15.3 Å². The number of H-pyrrole nitrogens is 1. The summed E-state index contributed by atoms with van der Waals surface area (Å²) in [5.74, 6) is -2.71. The molecule has 0 saturated carbocycles. The molecule has 174 valence electrons. The number of carbonyl (C=O) groups excluding carboxylic acids is 1. The lowest BCUT2D eigenvalue weighted by Crippen LogP contribution is -2.19. The predicted octanol–water partition coefficient (Wildman–Crippen LogP) is 2.88. The maximum atomic E-state index is 11.9. The molecule has 33 heavy (non-hydrogen) atoms. The Labute approximate surface area is 190 Å². The van der Waals surface area contributed by atoms with Crippen LogP contribution in [0.5, 0.6) is 5.75 Å². The molecule has 0 amide bonds. The number of methoxy groups -OCH3 is 2. The minimum absolute atomic E-state index is 0.0196. The summed E-state index contributed by atoms with van der Waals surface area (Å²) < 4.78 is 10.0. The molecule has 0 fully saturated rings. The summed E-state index contributed by atoms with van der Waals surface area (Å²) in [6, 6.07) is 15.6. The first-order chi connectivity index (χ1) is 15.8. The summed E-state index contributed by atoms with van der Waals surface area (Å²) in [5.41, 5.74) is 3.45. The summed E-state index contributed by atoms with van der Waals surface area (Å²) in [4.78, 5) is 37.9. The number of rotatable bonds is 7. The lowest BCUT2D eigenvalue weighted by atomic mass is 10.1. The molecule has 3 aromatic rings. The van der Waals surface area contributed by atoms with Crippen molar-refractivity contribution in [2.45, 2.75) is 19.5 Å². The number of imidazole rings is 1. The van der Waals surface area contributed by atoms with Crippen LogP contribution in [0.15, 0.2) is 54.7 Å². The van der Waals surface area contributed by atoms with E-state index in [2.05, 4.69) is 15.3 Å². The number of aromatic amines is 1. The van der Waals surface area contributed by atoms with E-state index in [4.69, 9.17) is 29.3 Å². The number of aliphatic carboxylic acids is 2. The van der Waals surface area contributed by atoms with E-state index >= 15 is 0 Å². The second kappa shape index (κ2) is 12.0. The molecular formula is C23H25N3O7. The maximum Gasteiger partial charge on any atom is 0.414 e. The number of ether oxygens (including phenoxy) is 2. The fourth-order valence-corrected chi connectivity index (χ4v) is 2.82. The number of carboxylic acid groups (broad SMARTS) is 2. The molecule has 0 bridgehead atoms. The quantitative estimate of drug-likeness (QED) is 0.311. The summed E-state index contributed by atoms with van der Waals surface area (Å²) in [5, 5.41) is 18.2. The molecular weight excluding hydrogens is 430 g/mol. The lowest BCUT2D eigenvalue weighted by Gasteiger charge is -2.13. The van der Waals surface area contributed by atoms with Crippen molar-refractivity contribution in [3.63, 3.8) is 0 Å². The number of hydrogen-bond acceptors (Lipinski definition) is 7. The monoisotopic (exact) mass is 455 g/mol. The van der Waals surface area contributed by atoms with Crippen molar-refractivity contribution in [2.24, 2.45) is 0 Å². The molecule has 4 N–H and O–H groups in total. The van der Waals surface area contributed by atoms with E-state index in [1.165, 1.54) is 14.2 Å². The molecule has 0 saturated heterocycles. The molecule has 0 aliphatic carbocycles. The SMILES string of the molecule is COC(=O)c1cc(CN[C@@H](C)c2ncc(-c3ccccc3)[nH]2)ccc1OC.O=C(O)C(=O)O. The molecule has 0 unspecified atom stereocenters. The number of nitrogens with zero attached hydrogens (tertiary/aromatic N) is 1. The zero-order valence-corrected chi connectivity index (χ0v) is 18.4. The van der Waals surface area contributed by atoms with E-state index in [9.17, 15) is 4.79 Å². The number of carbonyl (C=O) groups is 3. The molecule has 1 atom stereocenters. The Morgan fingerprint density at radius 3 is 2.30 bits per heavy atom. The Morgan fingerprint density at radius 2 is 1.73 bits per heavy atom. The third kappa shape index (κ3) is 7.18. The smallest absolute Gasteiger partial charge is 0.414 e. The van der Waals surface area contributed by atoms with Crippen molar-refractivity contribution in [3.05, 3.63) is 71.7 Å². The highest BCUT2D eigenvalue weighted by atomic mass is 16.5. The molecule has 1 aromatic heterocycles. The van der Waals surface area contributed by atoms with Gasteiger partial charge in [-0.05, 0) is 30.2 Å². The highest BCUT2D eigenvalue weighted by molar-refractivity contribution is 6.27. The number of nitrogens with one attached hydrogen (secondary N) is 2. The number of carboxylic acids is 2. The van der Waals surface area contributed by atoms with Gasteiger partial charge in [-0.1, -0.05) is 36.4 Å². The molecule has 0 spiro atoms. The second-order valence-corrected chi connectivity index (χ2v) is 6.79. The molecule has 1 heterocycles. The van der Waals surface area contributed by atoms with E-state index in [-0.39, 0.29) is 6.04 Å². The normalized spacial score (nSPS) is 11.0. The van der Waals surface area contributed by atoms with Crippen molar-refractivity contribution in [3.8, 4) is 17.0 Å². The van der Waals surface area contributed by atoms with Crippen LogP contribution in [0.25, 0.3) is 11.3 Å². The summed E-state index contributed by atoms with van der Waals surface area (Å²) in [6.45, 7) is 2.62. The summed E-state index contributed by atoms with van der Waals surface area (Å²) >= 11 is 0. The minimum Gasteiger partial charge on any atom is -0.496 e. The lowest BCUT2D eigenvalue weighted by molar-refractivity contribution is -0.159. The summed E-state index contributed by atoms with van der Waals surface area (Å²) in [7, 11) is 2.89. The van der Waals surface area contributed by atoms with Gasteiger partial charge in [0.2, 0.25) is 0 Å². The van der Waals surface area contributed by atoms with Crippen molar-refractivity contribution in [2.75, 3.05) is 14.2 Å². The van der Waals surface area contributed by atoms with Crippen molar-refractivity contribution < 1.29 is 34.1 Å². The largest absolute Gasteiger partial charge is 0.496 e. The second-order valence-electron chi connectivity index (χ2n) is 6.79. The van der Waals surface area contributed by atoms with Crippen LogP contribution in [0.4, 0.5) is 0 Å². The van der Waals surface area contributed by atoms with E-state index in [0.29, 0.717) is 17.9 Å². The average molecular weight is 455 g/mol. The van der Waals surface area contributed by atoms with Crippen LogP contribution in [0, 0.1) is 0 Å². The van der Waals surface area contributed by atoms with Crippen LogP contribution in [0.1, 0.15) is 34.7 Å². The zero-order valence-electron chi connectivity index (χ0n) is 18.4. The van der Waals surface area contributed by atoms with E-state index in [0.717, 1.165) is 22.6 Å². The van der Waals surface area contributed by atoms with E-state index in [1.807, 2.05) is 49.5 Å². The highest BCUT2D eigenvalue weighted by Crippen LogP contribution is 2.22. The fraction of sp³-hybridized carbons (Fsp3) is 0.217. The average Bonchev–Trinajstić information content (AvgIpc) is 3.33. The van der Waals surface area contributed by atoms with Gasteiger partial charge in [0.05, 0.1) is 32.2 Å². The van der Waals surface area contributed by atoms with Gasteiger partial charge >= 0.3 is 17.9 Å². The van der Waals surface area contributed by atoms with Gasteiger partial charge in [0.1, 0.15) is 17.1 Å². The van der Waals surface area contributed by atoms with E-state index < -0.39 is 17.9 Å². The van der Waals surface area contributed by atoms with Crippen LogP contribution in [-0.2, 0) is 20.9 Å². The van der Waals surface area contributed by atoms with E-state index in [1.54, 1.807) is 12.1 Å². The Bertz CT molecular complexity index is 1080. The molecule has 0 aliphatic heterocycles. The first kappa shape index (κ1) is 25.1. The fourth-order valence-electron chi connectivity index (χ4n) is 2.82. The topological polar surface area (TPSA) is 151 Å². The predicted molar refractivity (Wildman–Crippen MR) is 119 cm³/mol. The highest BCUT2D eigenvalue weighted by Gasteiger charge is 2.15. The summed E-state index contributed by atoms with van der Waals surface area (Å²) in [6.07, 6.45) is 1.84. The van der Waals surface area contributed by atoms with Gasteiger partial charge < -0.3 is 30.0 Å². The number of aromatic nitrogens is 2. The molecule has 10 nitrogen and oxygen atoms in total. The van der Waals surface area contributed by atoms with Gasteiger partial charge in [0, 0.05) is 6.54 Å². The van der Waals surface area contributed by atoms with Crippen LogP contribution in [-0.4, -0.2) is 52.3 Å². The standard InChI is InChI=1S/C21H23N3O3.C2H2O4/c1-14(20-23-13-18(24-20)16-7-5-4-6-8-16)22-12-15-9-10-19(26-2)17(11-15)21(25)27-3;3-1(4)2(5)6/h4-11,13-14,22H,12H2,1-3H3,(H,23,24);(H,3,4)(H,5,6)/t14-;/m0./s1. The van der Waals surface area contributed by atoms with Gasteiger partial charge in [-0.15, -0.1) is 0 Å². The van der Waals surface area contributed by atoms with Gasteiger partial charge in [0.15, 0.2) is 0 Å². The molecule has 10 heteroatoms. The molecule has 3 rings (SSSR count). The first-order valence-electron chi connectivity index (χ1n) is 9.82. The van der Waals surface area contributed by atoms with Gasteiger partial charge in [0.25, 0.3) is 0 Å². The Kier molecular flexibility index (Phi) is 9.13. The minimum atomic E-state index is -1.82. The molecule has 0 radical (unpaired) electrons. The van der Waals surface area contributed by atoms with Crippen LogP contribution in [0.2, 0.25) is 0 Å². The van der Waals surface area contributed by atoms with Gasteiger partial charge in [-0.25, -0.2) is 19.4 Å². The van der Waals surface area contributed by atoms with Crippen LogP contribution < -0.4 is 10.1 Å². The molecule has 2 aromatic carbocycles. The number of benzene rings is 2. The van der Waals surface area contributed by atoms with Crippen LogP contribution >= 0.6 is 0 Å². The number of esters is 1. The maximum absolute atomic E-state index is 11.9. The molecule has 0 aliphatic rings. The third-order valence-corrected chi connectivity index (χ3v) is 4.55. The van der Waals surface area contributed by atoms with Gasteiger partial charge in [-0.2, -0.15) is 0 Å². The number of hydrogen-bond donors (Lipinski definition) is 4. The third-order valence-electron chi connectivity index (χ3n) is 4.55. The van der Waals surface area contributed by atoms with Crippen molar-refractivity contribution in [1.29, 1.82) is 0 Å².